The first-order chi connectivity index (χ1) is 10.1. The zero-order valence-corrected chi connectivity index (χ0v) is 11.9. The second kappa shape index (κ2) is 6.99. The molecule has 1 saturated carbocycles. The highest BCUT2D eigenvalue weighted by Gasteiger charge is 2.32. The molecule has 1 aliphatic rings. The topological polar surface area (TPSA) is 79.7 Å². The average molecular weight is 290 g/mol. The van der Waals surface area contributed by atoms with E-state index < -0.39 is 5.97 Å². The highest BCUT2D eigenvalue weighted by atomic mass is 16.5. The van der Waals surface area contributed by atoms with Gasteiger partial charge in [0.05, 0.1) is 12.2 Å². The molecule has 0 atom stereocenters. The first kappa shape index (κ1) is 15.2. The molecule has 0 aliphatic heterocycles. The summed E-state index contributed by atoms with van der Waals surface area (Å²) in [5, 5.41) is 8.62. The first-order valence-corrected chi connectivity index (χ1v) is 6.78. The van der Waals surface area contributed by atoms with Gasteiger partial charge in [-0.05, 0) is 30.5 Å². The van der Waals surface area contributed by atoms with Gasteiger partial charge in [-0.15, -0.1) is 0 Å². The van der Waals surface area contributed by atoms with Gasteiger partial charge in [0.2, 0.25) is 0 Å². The first-order valence-electron chi connectivity index (χ1n) is 6.78. The van der Waals surface area contributed by atoms with E-state index in [0.29, 0.717) is 24.3 Å². The summed E-state index contributed by atoms with van der Waals surface area (Å²) in [5.41, 5.74) is 1.05. The van der Waals surface area contributed by atoms with E-state index in [2.05, 4.69) is 4.98 Å². The van der Waals surface area contributed by atoms with Crippen molar-refractivity contribution in [2.24, 2.45) is 0 Å². The number of ether oxygens (including phenoxy) is 1. The maximum atomic E-state index is 12.5. The minimum absolute atomic E-state index is 0.0902. The maximum absolute atomic E-state index is 12.5. The third-order valence-corrected chi connectivity index (χ3v) is 3.21. The molecule has 0 spiro atoms. The number of pyridine rings is 1. The lowest BCUT2D eigenvalue weighted by molar-refractivity contribution is -0.131. The van der Waals surface area contributed by atoms with Crippen LogP contribution in [0.3, 0.4) is 0 Å². The van der Waals surface area contributed by atoms with Crippen LogP contribution in [0.5, 0.6) is 0 Å². The fourth-order valence-corrected chi connectivity index (χ4v) is 2.02. The summed E-state index contributed by atoms with van der Waals surface area (Å²) in [6.45, 7) is 1.05. The van der Waals surface area contributed by atoms with Gasteiger partial charge in [-0.1, -0.05) is 0 Å². The highest BCUT2D eigenvalue weighted by molar-refractivity contribution is 5.95. The summed E-state index contributed by atoms with van der Waals surface area (Å²) in [6.07, 6.45) is 7.50. The lowest BCUT2D eigenvalue weighted by Gasteiger charge is -2.22. The van der Waals surface area contributed by atoms with E-state index >= 15 is 0 Å². The van der Waals surface area contributed by atoms with Crippen LogP contribution in [0.2, 0.25) is 0 Å². The van der Waals surface area contributed by atoms with E-state index in [1.165, 1.54) is 18.5 Å². The zero-order chi connectivity index (χ0) is 15.2. The molecule has 0 saturated heterocycles. The van der Waals surface area contributed by atoms with Crippen LogP contribution in [-0.4, -0.2) is 53.2 Å². The minimum atomic E-state index is -1.04. The van der Waals surface area contributed by atoms with Crippen LogP contribution < -0.4 is 0 Å². The number of carbonyl (C=O) groups excluding carboxylic acids is 1. The molecule has 6 heteroatoms. The van der Waals surface area contributed by atoms with E-state index in [9.17, 15) is 9.59 Å². The number of amides is 1. The van der Waals surface area contributed by atoms with Crippen LogP contribution in [0.4, 0.5) is 0 Å². The number of carboxylic acids is 1. The molecule has 6 nitrogen and oxygen atoms in total. The number of carbonyl (C=O) groups is 2. The second-order valence-electron chi connectivity index (χ2n) is 4.90. The number of carboxylic acid groups (broad SMARTS) is 1. The summed E-state index contributed by atoms with van der Waals surface area (Å²) in [4.78, 5) is 28.8. The molecule has 1 fully saturated rings. The Labute approximate surface area is 123 Å². The monoisotopic (exact) mass is 290 g/mol. The Balaban J connectivity index is 2.13. The van der Waals surface area contributed by atoms with E-state index in [4.69, 9.17) is 9.84 Å². The van der Waals surface area contributed by atoms with E-state index in [0.717, 1.165) is 18.9 Å². The molecule has 112 valence electrons. The van der Waals surface area contributed by atoms with Gasteiger partial charge in [0.15, 0.2) is 0 Å². The van der Waals surface area contributed by atoms with Crippen molar-refractivity contribution in [3.8, 4) is 0 Å². The smallest absolute Gasteiger partial charge is 0.328 e. The zero-order valence-electron chi connectivity index (χ0n) is 11.9. The molecule has 0 aromatic carbocycles. The fraction of sp³-hybridized carbons (Fsp3) is 0.400. The van der Waals surface area contributed by atoms with Crippen molar-refractivity contribution < 1.29 is 19.4 Å². The van der Waals surface area contributed by atoms with Crippen molar-refractivity contribution in [3.63, 3.8) is 0 Å². The lowest BCUT2D eigenvalue weighted by atomic mass is 10.1. The SMILES string of the molecule is COCCN(C(=O)c1cncc(C=CC(=O)O)c1)C1CC1. The van der Waals surface area contributed by atoms with Gasteiger partial charge in [0.1, 0.15) is 0 Å². The molecule has 1 aliphatic carbocycles. The molecule has 0 bridgehead atoms. The van der Waals surface area contributed by atoms with Crippen LogP contribution in [0.25, 0.3) is 6.08 Å². The summed E-state index contributed by atoms with van der Waals surface area (Å²) in [7, 11) is 1.61. The minimum Gasteiger partial charge on any atom is -0.478 e. The number of hydrogen-bond donors (Lipinski definition) is 1. The van der Waals surface area contributed by atoms with Crippen LogP contribution in [0, 0.1) is 0 Å². The van der Waals surface area contributed by atoms with Gasteiger partial charge in [0, 0.05) is 38.2 Å². The van der Waals surface area contributed by atoms with Crippen molar-refractivity contribution in [1.82, 2.24) is 9.88 Å². The van der Waals surface area contributed by atoms with Crippen LogP contribution >= 0.6 is 0 Å². The molecular weight excluding hydrogens is 272 g/mol. The molecule has 0 unspecified atom stereocenters. The number of aliphatic carboxylic acids is 1. The Hall–Kier alpha value is -2.21. The summed E-state index contributed by atoms with van der Waals surface area (Å²) in [6, 6.07) is 1.93. The van der Waals surface area contributed by atoms with E-state index in [1.807, 2.05) is 0 Å². The molecule has 21 heavy (non-hydrogen) atoms. The Bertz CT molecular complexity index is 552. The van der Waals surface area contributed by atoms with Crippen molar-refractivity contribution in [3.05, 3.63) is 35.7 Å². The Morgan fingerprint density at radius 2 is 2.24 bits per heavy atom. The molecule has 2 rings (SSSR count). The predicted molar refractivity (Wildman–Crippen MR) is 76.8 cm³/mol. The van der Waals surface area contributed by atoms with Gasteiger partial charge in [-0.2, -0.15) is 0 Å². The number of nitrogens with zero attached hydrogens (tertiary/aromatic N) is 2. The van der Waals surface area contributed by atoms with Gasteiger partial charge in [0.25, 0.3) is 5.91 Å². The second-order valence-corrected chi connectivity index (χ2v) is 4.90. The van der Waals surface area contributed by atoms with Crippen LogP contribution in [-0.2, 0) is 9.53 Å². The van der Waals surface area contributed by atoms with Gasteiger partial charge >= 0.3 is 5.97 Å². The quantitative estimate of drug-likeness (QED) is 0.768. The van der Waals surface area contributed by atoms with Crippen molar-refractivity contribution in [1.29, 1.82) is 0 Å². The molecule has 1 N–H and O–H groups in total. The Morgan fingerprint density at radius 3 is 2.86 bits per heavy atom. The fourth-order valence-electron chi connectivity index (χ4n) is 2.02. The lowest BCUT2D eigenvalue weighted by Crippen LogP contribution is -2.35. The highest BCUT2D eigenvalue weighted by Crippen LogP contribution is 2.28. The van der Waals surface area contributed by atoms with Crippen LogP contribution in [0.15, 0.2) is 24.5 Å². The van der Waals surface area contributed by atoms with Gasteiger partial charge < -0.3 is 14.7 Å². The number of hydrogen-bond acceptors (Lipinski definition) is 4. The van der Waals surface area contributed by atoms with Gasteiger partial charge in [-0.3, -0.25) is 9.78 Å². The standard InChI is InChI=1S/C15H18N2O4/c1-21-7-6-17(13-3-4-13)15(20)12-8-11(9-16-10-12)2-5-14(18)19/h2,5,8-10,13H,3-4,6-7H2,1H3,(H,18,19). The summed E-state index contributed by atoms with van der Waals surface area (Å²) in [5.74, 6) is -1.13. The molecule has 1 amide bonds. The van der Waals surface area contributed by atoms with E-state index in [1.54, 1.807) is 18.1 Å². The van der Waals surface area contributed by atoms with Crippen molar-refractivity contribution >= 4 is 18.0 Å². The Morgan fingerprint density at radius 1 is 1.48 bits per heavy atom. The third-order valence-electron chi connectivity index (χ3n) is 3.21. The van der Waals surface area contributed by atoms with E-state index in [-0.39, 0.29) is 11.9 Å². The molecule has 0 radical (unpaired) electrons. The molecule has 1 aromatic heterocycles. The molecule has 1 aromatic rings. The summed E-state index contributed by atoms with van der Waals surface area (Å²) < 4.78 is 5.04. The molecular formula is C15H18N2O4. The number of rotatable bonds is 7. The third kappa shape index (κ3) is 4.39. The summed E-state index contributed by atoms with van der Waals surface area (Å²) >= 11 is 0. The van der Waals surface area contributed by atoms with Crippen molar-refractivity contribution in [2.45, 2.75) is 18.9 Å². The van der Waals surface area contributed by atoms with Crippen LogP contribution in [0.1, 0.15) is 28.8 Å². The number of aromatic nitrogens is 1. The van der Waals surface area contributed by atoms with Gasteiger partial charge in [-0.25, -0.2) is 4.79 Å². The largest absolute Gasteiger partial charge is 0.478 e. The number of methoxy groups -OCH3 is 1. The predicted octanol–water partition coefficient (Wildman–Crippen LogP) is 1.43. The normalized spacial score (nSPS) is 14.3. The average Bonchev–Trinajstić information content (AvgIpc) is 3.30. The van der Waals surface area contributed by atoms with Crippen molar-refractivity contribution in [2.75, 3.05) is 20.3 Å². The maximum Gasteiger partial charge on any atom is 0.328 e. The Kier molecular flexibility index (Phi) is 5.05. The molecule has 1 heterocycles.